The molecule has 4 rings (SSSR count). The summed E-state index contributed by atoms with van der Waals surface area (Å²) in [6.45, 7) is 1.60. The van der Waals surface area contributed by atoms with Gasteiger partial charge >= 0.3 is 5.97 Å². The van der Waals surface area contributed by atoms with Gasteiger partial charge in [-0.15, -0.1) is 11.3 Å². The highest BCUT2D eigenvalue weighted by molar-refractivity contribution is 7.18. The number of esters is 1. The quantitative estimate of drug-likeness (QED) is 0.623. The van der Waals surface area contributed by atoms with Gasteiger partial charge in [0.1, 0.15) is 0 Å². The van der Waals surface area contributed by atoms with E-state index in [0.717, 1.165) is 41.8 Å². The molecule has 1 heterocycles. The lowest BCUT2D eigenvalue weighted by Gasteiger charge is -2.24. The third kappa shape index (κ3) is 4.22. The number of ether oxygens (including phenoxy) is 1. The smallest absolute Gasteiger partial charge is 0.309 e. The van der Waals surface area contributed by atoms with Gasteiger partial charge in [0, 0.05) is 12.1 Å². The molecule has 1 amide bonds. The maximum absolute atomic E-state index is 12.3. The maximum Gasteiger partial charge on any atom is 0.309 e. The average molecular weight is 394 g/mol. The van der Waals surface area contributed by atoms with Crippen molar-refractivity contribution in [1.29, 1.82) is 0 Å². The summed E-state index contributed by atoms with van der Waals surface area (Å²) in [5.41, 5.74) is 2.84. The van der Waals surface area contributed by atoms with Gasteiger partial charge in [-0.1, -0.05) is 30.7 Å². The molecule has 0 bridgehead atoms. The molecule has 0 aliphatic heterocycles. The molecule has 28 heavy (non-hydrogen) atoms. The van der Waals surface area contributed by atoms with Gasteiger partial charge in [-0.3, -0.25) is 9.59 Å². The van der Waals surface area contributed by atoms with Crippen molar-refractivity contribution in [2.75, 3.05) is 5.32 Å². The number of nitrogens with zero attached hydrogens (tertiary/aromatic N) is 1. The van der Waals surface area contributed by atoms with Gasteiger partial charge in [-0.25, -0.2) is 4.98 Å². The van der Waals surface area contributed by atoms with Crippen LogP contribution in [-0.4, -0.2) is 23.0 Å². The van der Waals surface area contributed by atoms with Crippen molar-refractivity contribution in [2.45, 2.75) is 38.7 Å². The number of benzene rings is 2. The summed E-state index contributed by atoms with van der Waals surface area (Å²) in [6, 6.07) is 15.8. The highest BCUT2D eigenvalue weighted by atomic mass is 32.1. The van der Waals surface area contributed by atoms with Crippen molar-refractivity contribution in [3.63, 3.8) is 0 Å². The standard InChI is InChI=1S/C22H22N2O3S/c1-14(27-22(26)16-5-4-6-16)21(25)23-17-11-9-15(10-12-17)13-20-24-18-7-2-3-8-19(18)28-20/h2-3,7-12,14,16H,4-6,13H2,1H3,(H,23,25)/t14-/m0/s1. The molecule has 1 aromatic heterocycles. The highest BCUT2D eigenvalue weighted by Crippen LogP contribution is 2.28. The minimum Gasteiger partial charge on any atom is -0.452 e. The van der Waals surface area contributed by atoms with E-state index in [4.69, 9.17) is 4.74 Å². The number of rotatable bonds is 6. The Bertz CT molecular complexity index is 959. The van der Waals surface area contributed by atoms with Crippen LogP contribution in [-0.2, 0) is 20.7 Å². The molecular formula is C22H22N2O3S. The highest BCUT2D eigenvalue weighted by Gasteiger charge is 2.29. The molecular weight excluding hydrogens is 372 g/mol. The molecule has 3 aromatic rings. The molecule has 1 saturated carbocycles. The second-order valence-electron chi connectivity index (χ2n) is 7.15. The van der Waals surface area contributed by atoms with E-state index in [-0.39, 0.29) is 17.8 Å². The van der Waals surface area contributed by atoms with Gasteiger partial charge in [0.25, 0.3) is 5.91 Å². The molecule has 0 radical (unpaired) electrons. The molecule has 144 valence electrons. The predicted molar refractivity (Wildman–Crippen MR) is 110 cm³/mol. The Balaban J connectivity index is 1.33. The predicted octanol–water partition coefficient (Wildman–Crippen LogP) is 4.56. The monoisotopic (exact) mass is 394 g/mol. The lowest BCUT2D eigenvalue weighted by Crippen LogP contribution is -2.34. The zero-order valence-electron chi connectivity index (χ0n) is 15.7. The van der Waals surface area contributed by atoms with Crippen LogP contribution in [0.3, 0.4) is 0 Å². The maximum atomic E-state index is 12.3. The van der Waals surface area contributed by atoms with Crippen LogP contribution in [0.15, 0.2) is 48.5 Å². The summed E-state index contributed by atoms with van der Waals surface area (Å²) in [5.74, 6) is -0.608. The van der Waals surface area contributed by atoms with E-state index in [1.807, 2.05) is 42.5 Å². The normalized spacial score (nSPS) is 15.0. The Morgan fingerprint density at radius 3 is 2.61 bits per heavy atom. The van der Waals surface area contributed by atoms with Gasteiger partial charge in [0.05, 0.1) is 21.1 Å². The summed E-state index contributed by atoms with van der Waals surface area (Å²) < 4.78 is 6.45. The first-order chi connectivity index (χ1) is 13.6. The zero-order chi connectivity index (χ0) is 19.5. The molecule has 1 N–H and O–H groups in total. The molecule has 0 unspecified atom stereocenters. The van der Waals surface area contributed by atoms with Crippen LogP contribution in [0, 0.1) is 5.92 Å². The van der Waals surface area contributed by atoms with Gasteiger partial charge in [-0.2, -0.15) is 0 Å². The minimum atomic E-state index is -0.796. The van der Waals surface area contributed by atoms with E-state index in [1.165, 1.54) is 4.70 Å². The molecule has 1 aliphatic rings. The second kappa shape index (κ2) is 8.10. The second-order valence-corrected chi connectivity index (χ2v) is 8.26. The van der Waals surface area contributed by atoms with Crippen LogP contribution < -0.4 is 5.32 Å². The number of fused-ring (bicyclic) bond motifs is 1. The van der Waals surface area contributed by atoms with E-state index < -0.39 is 6.10 Å². The Morgan fingerprint density at radius 2 is 1.93 bits per heavy atom. The first kappa shape index (κ1) is 18.6. The number of carbonyl (C=O) groups is 2. The number of hydrogen-bond donors (Lipinski definition) is 1. The largest absolute Gasteiger partial charge is 0.452 e. The number of aromatic nitrogens is 1. The van der Waals surface area contributed by atoms with Gasteiger partial charge < -0.3 is 10.1 Å². The Morgan fingerprint density at radius 1 is 1.18 bits per heavy atom. The summed E-state index contributed by atoms with van der Waals surface area (Å²) in [5, 5.41) is 3.87. The number of hydrogen-bond acceptors (Lipinski definition) is 5. The van der Waals surface area contributed by atoms with Gasteiger partial charge in [0.15, 0.2) is 6.10 Å². The van der Waals surface area contributed by atoms with Crippen LogP contribution in [0.5, 0.6) is 0 Å². The Labute approximate surface area is 167 Å². The van der Waals surface area contributed by atoms with Crippen molar-refractivity contribution >= 4 is 39.1 Å². The van der Waals surface area contributed by atoms with Crippen LogP contribution in [0.1, 0.15) is 36.8 Å². The summed E-state index contributed by atoms with van der Waals surface area (Å²) >= 11 is 1.70. The first-order valence-electron chi connectivity index (χ1n) is 9.53. The minimum absolute atomic E-state index is 0.0305. The number of thiazole rings is 1. The molecule has 1 fully saturated rings. The summed E-state index contributed by atoms with van der Waals surface area (Å²) in [6.07, 6.45) is 2.75. The fourth-order valence-electron chi connectivity index (χ4n) is 3.09. The van der Waals surface area contributed by atoms with Crippen molar-refractivity contribution < 1.29 is 14.3 Å². The number of amides is 1. The van der Waals surface area contributed by atoms with Crippen molar-refractivity contribution in [1.82, 2.24) is 4.98 Å². The van der Waals surface area contributed by atoms with Crippen molar-refractivity contribution in [2.24, 2.45) is 5.92 Å². The van der Waals surface area contributed by atoms with E-state index in [1.54, 1.807) is 18.3 Å². The van der Waals surface area contributed by atoms with Gasteiger partial charge in [-0.05, 0) is 49.6 Å². The summed E-state index contributed by atoms with van der Waals surface area (Å²) in [7, 11) is 0. The topological polar surface area (TPSA) is 68.3 Å². The molecule has 5 nitrogen and oxygen atoms in total. The van der Waals surface area contributed by atoms with Crippen LogP contribution >= 0.6 is 11.3 Å². The lowest BCUT2D eigenvalue weighted by atomic mass is 9.86. The number of para-hydroxylation sites is 1. The number of nitrogens with one attached hydrogen (secondary N) is 1. The fourth-order valence-corrected chi connectivity index (χ4v) is 4.09. The first-order valence-corrected chi connectivity index (χ1v) is 10.3. The molecule has 2 aromatic carbocycles. The van der Waals surface area contributed by atoms with Crippen molar-refractivity contribution in [3.8, 4) is 0 Å². The van der Waals surface area contributed by atoms with E-state index in [0.29, 0.717) is 5.69 Å². The average Bonchev–Trinajstić information content (AvgIpc) is 3.04. The lowest BCUT2D eigenvalue weighted by molar-refractivity contribution is -0.159. The van der Waals surface area contributed by atoms with E-state index in [9.17, 15) is 9.59 Å². The molecule has 0 spiro atoms. The van der Waals surface area contributed by atoms with Crippen molar-refractivity contribution in [3.05, 3.63) is 59.1 Å². The molecule has 6 heteroatoms. The summed E-state index contributed by atoms with van der Waals surface area (Å²) in [4.78, 5) is 28.8. The van der Waals surface area contributed by atoms with Crippen LogP contribution in [0.4, 0.5) is 5.69 Å². The third-order valence-corrected chi connectivity index (χ3v) is 6.05. The number of anilines is 1. The number of carbonyl (C=O) groups excluding carboxylic acids is 2. The molecule has 1 atom stereocenters. The van der Waals surface area contributed by atoms with E-state index >= 15 is 0 Å². The third-order valence-electron chi connectivity index (χ3n) is 5.02. The van der Waals surface area contributed by atoms with Crippen LogP contribution in [0.25, 0.3) is 10.2 Å². The SMILES string of the molecule is C[C@H](OC(=O)C1CCC1)C(=O)Nc1ccc(Cc2nc3ccccc3s2)cc1. The Kier molecular flexibility index (Phi) is 5.39. The van der Waals surface area contributed by atoms with Gasteiger partial charge in [0.2, 0.25) is 0 Å². The fraction of sp³-hybridized carbons (Fsp3) is 0.318. The Hall–Kier alpha value is -2.73. The van der Waals surface area contributed by atoms with E-state index in [2.05, 4.69) is 16.4 Å². The molecule has 1 aliphatic carbocycles. The molecule has 0 saturated heterocycles. The zero-order valence-corrected chi connectivity index (χ0v) is 16.5. The van der Waals surface area contributed by atoms with Crippen LogP contribution in [0.2, 0.25) is 0 Å².